The molecular formula is C15H22ClN3O2. The Balaban J connectivity index is 0.00000220. The van der Waals surface area contributed by atoms with Crippen LogP contribution in [0.25, 0.3) is 0 Å². The third-order valence-electron chi connectivity index (χ3n) is 3.35. The molecule has 0 unspecified atom stereocenters. The number of carbonyl (C=O) groups is 2. The normalized spacial score (nSPS) is 13.2. The average molecular weight is 312 g/mol. The van der Waals surface area contributed by atoms with Crippen LogP contribution in [0.4, 0.5) is 0 Å². The van der Waals surface area contributed by atoms with Crippen LogP contribution in [0.1, 0.15) is 28.8 Å². The molecule has 2 rings (SSSR count). The molecular weight excluding hydrogens is 290 g/mol. The summed E-state index contributed by atoms with van der Waals surface area (Å²) in [4.78, 5) is 23.0. The van der Waals surface area contributed by atoms with E-state index in [1.807, 2.05) is 12.1 Å². The quantitative estimate of drug-likeness (QED) is 0.706. The number of amides is 2. The molecule has 6 heteroatoms. The fourth-order valence-corrected chi connectivity index (χ4v) is 1.89. The van der Waals surface area contributed by atoms with Gasteiger partial charge in [-0.2, -0.15) is 0 Å². The first kappa shape index (κ1) is 17.5. The van der Waals surface area contributed by atoms with Gasteiger partial charge in [0.05, 0.1) is 6.54 Å². The molecule has 0 aliphatic heterocycles. The number of carbonyl (C=O) groups excluding carboxylic acids is 2. The van der Waals surface area contributed by atoms with Crippen molar-refractivity contribution < 1.29 is 9.59 Å². The molecule has 1 fully saturated rings. The standard InChI is InChI=1S/C15H21N3O2.ClH/c1-16-15(20)13-6-4-12(5-7-13)9-18-14(19)10-17-8-11-2-3-11;/h4-7,11,17H,2-3,8-10H2,1H3,(H,16,20)(H,18,19);1H. The molecule has 0 spiro atoms. The second kappa shape index (κ2) is 8.64. The van der Waals surface area contributed by atoms with Crippen molar-refractivity contribution in [2.24, 2.45) is 5.92 Å². The first-order valence-electron chi connectivity index (χ1n) is 6.97. The van der Waals surface area contributed by atoms with Gasteiger partial charge in [-0.1, -0.05) is 12.1 Å². The molecule has 0 saturated heterocycles. The second-order valence-electron chi connectivity index (χ2n) is 5.13. The summed E-state index contributed by atoms with van der Waals surface area (Å²) in [5.74, 6) is 0.672. The van der Waals surface area contributed by atoms with Crippen molar-refractivity contribution >= 4 is 24.2 Å². The van der Waals surface area contributed by atoms with Crippen molar-refractivity contribution in [2.75, 3.05) is 20.1 Å². The van der Waals surface area contributed by atoms with Crippen LogP contribution in [0.2, 0.25) is 0 Å². The first-order chi connectivity index (χ1) is 9.69. The van der Waals surface area contributed by atoms with Crippen LogP contribution in [0, 0.1) is 5.92 Å². The predicted molar refractivity (Wildman–Crippen MR) is 84.5 cm³/mol. The fraction of sp³-hybridized carbons (Fsp3) is 0.467. The number of nitrogens with one attached hydrogen (secondary N) is 3. The molecule has 21 heavy (non-hydrogen) atoms. The Hall–Kier alpha value is -1.59. The van der Waals surface area contributed by atoms with Gasteiger partial charge in [0.1, 0.15) is 0 Å². The molecule has 1 aromatic rings. The van der Waals surface area contributed by atoms with E-state index in [1.54, 1.807) is 19.2 Å². The smallest absolute Gasteiger partial charge is 0.251 e. The van der Waals surface area contributed by atoms with Gasteiger partial charge in [0.15, 0.2) is 0 Å². The largest absolute Gasteiger partial charge is 0.355 e. The molecule has 3 N–H and O–H groups in total. The average Bonchev–Trinajstić information content (AvgIpc) is 3.29. The summed E-state index contributed by atoms with van der Waals surface area (Å²) < 4.78 is 0. The van der Waals surface area contributed by atoms with Gasteiger partial charge in [0, 0.05) is 19.2 Å². The van der Waals surface area contributed by atoms with Crippen LogP contribution in [0.3, 0.4) is 0 Å². The predicted octanol–water partition coefficient (Wildman–Crippen LogP) is 1.08. The molecule has 0 heterocycles. The summed E-state index contributed by atoms with van der Waals surface area (Å²) in [5.41, 5.74) is 1.60. The van der Waals surface area contributed by atoms with Crippen molar-refractivity contribution in [3.8, 4) is 0 Å². The van der Waals surface area contributed by atoms with Gasteiger partial charge >= 0.3 is 0 Å². The molecule has 116 valence electrons. The highest BCUT2D eigenvalue weighted by Crippen LogP contribution is 2.27. The SMILES string of the molecule is CNC(=O)c1ccc(CNC(=O)CNCC2CC2)cc1.Cl. The van der Waals surface area contributed by atoms with Crippen molar-refractivity contribution in [2.45, 2.75) is 19.4 Å². The lowest BCUT2D eigenvalue weighted by Crippen LogP contribution is -2.34. The summed E-state index contributed by atoms with van der Waals surface area (Å²) in [6, 6.07) is 7.21. The maximum atomic E-state index is 11.6. The van der Waals surface area contributed by atoms with E-state index in [0.717, 1.165) is 18.0 Å². The summed E-state index contributed by atoms with van der Waals surface area (Å²) in [6.07, 6.45) is 2.57. The lowest BCUT2D eigenvalue weighted by atomic mass is 10.1. The molecule has 0 atom stereocenters. The fourth-order valence-electron chi connectivity index (χ4n) is 1.89. The van der Waals surface area contributed by atoms with Crippen molar-refractivity contribution in [1.82, 2.24) is 16.0 Å². The maximum Gasteiger partial charge on any atom is 0.251 e. The highest BCUT2D eigenvalue weighted by Gasteiger charge is 2.20. The number of halogens is 1. The minimum Gasteiger partial charge on any atom is -0.355 e. The van der Waals surface area contributed by atoms with Crippen molar-refractivity contribution in [3.63, 3.8) is 0 Å². The monoisotopic (exact) mass is 311 g/mol. The molecule has 2 amide bonds. The van der Waals surface area contributed by atoms with Gasteiger partial charge in [-0.3, -0.25) is 9.59 Å². The topological polar surface area (TPSA) is 70.2 Å². The highest BCUT2D eigenvalue weighted by atomic mass is 35.5. The molecule has 1 saturated carbocycles. The summed E-state index contributed by atoms with van der Waals surface area (Å²) in [5, 5.41) is 8.58. The summed E-state index contributed by atoms with van der Waals surface area (Å²) in [7, 11) is 1.60. The van der Waals surface area contributed by atoms with Gasteiger partial charge in [-0.25, -0.2) is 0 Å². The van der Waals surface area contributed by atoms with Crippen molar-refractivity contribution in [1.29, 1.82) is 0 Å². The Bertz CT molecular complexity index is 472. The van der Waals surface area contributed by atoms with E-state index < -0.39 is 0 Å². The van der Waals surface area contributed by atoms with E-state index in [9.17, 15) is 9.59 Å². The van der Waals surface area contributed by atoms with Crippen LogP contribution >= 0.6 is 12.4 Å². The van der Waals surface area contributed by atoms with Gasteiger partial charge in [0.25, 0.3) is 5.91 Å². The van der Waals surface area contributed by atoms with Crippen LogP contribution in [-0.4, -0.2) is 32.0 Å². The van der Waals surface area contributed by atoms with Crippen LogP contribution in [-0.2, 0) is 11.3 Å². The molecule has 1 aliphatic rings. The maximum absolute atomic E-state index is 11.6. The Morgan fingerprint density at radius 1 is 1.19 bits per heavy atom. The van der Waals surface area contributed by atoms with E-state index in [4.69, 9.17) is 0 Å². The Morgan fingerprint density at radius 3 is 2.43 bits per heavy atom. The minimum atomic E-state index is -0.107. The molecule has 1 aliphatic carbocycles. The van der Waals surface area contributed by atoms with E-state index in [-0.39, 0.29) is 24.2 Å². The van der Waals surface area contributed by atoms with E-state index in [1.165, 1.54) is 12.8 Å². The third kappa shape index (κ3) is 6.14. The highest BCUT2D eigenvalue weighted by molar-refractivity contribution is 5.93. The van der Waals surface area contributed by atoms with Crippen LogP contribution < -0.4 is 16.0 Å². The van der Waals surface area contributed by atoms with Gasteiger partial charge in [-0.15, -0.1) is 12.4 Å². The first-order valence-corrected chi connectivity index (χ1v) is 6.97. The van der Waals surface area contributed by atoms with Crippen LogP contribution in [0.15, 0.2) is 24.3 Å². The van der Waals surface area contributed by atoms with Crippen molar-refractivity contribution in [3.05, 3.63) is 35.4 Å². The lowest BCUT2D eigenvalue weighted by molar-refractivity contribution is -0.120. The number of rotatable bonds is 7. The van der Waals surface area contributed by atoms with Gasteiger partial charge in [0.2, 0.25) is 5.91 Å². The third-order valence-corrected chi connectivity index (χ3v) is 3.35. The Morgan fingerprint density at radius 2 is 1.86 bits per heavy atom. The molecule has 5 nitrogen and oxygen atoms in total. The van der Waals surface area contributed by atoms with Crippen LogP contribution in [0.5, 0.6) is 0 Å². The summed E-state index contributed by atoms with van der Waals surface area (Å²) >= 11 is 0. The van der Waals surface area contributed by atoms with E-state index in [0.29, 0.717) is 18.7 Å². The number of benzene rings is 1. The van der Waals surface area contributed by atoms with E-state index in [2.05, 4.69) is 16.0 Å². The molecule has 0 bridgehead atoms. The minimum absolute atomic E-state index is 0. The molecule has 1 aromatic carbocycles. The number of hydrogen-bond acceptors (Lipinski definition) is 3. The van der Waals surface area contributed by atoms with Gasteiger partial charge < -0.3 is 16.0 Å². The zero-order valence-electron chi connectivity index (χ0n) is 12.1. The van der Waals surface area contributed by atoms with E-state index >= 15 is 0 Å². The second-order valence-corrected chi connectivity index (χ2v) is 5.13. The Kier molecular flexibility index (Phi) is 7.19. The molecule has 0 aromatic heterocycles. The zero-order valence-corrected chi connectivity index (χ0v) is 13.0. The Labute approximate surface area is 131 Å². The summed E-state index contributed by atoms with van der Waals surface area (Å²) in [6.45, 7) is 1.79. The number of hydrogen-bond donors (Lipinski definition) is 3. The lowest BCUT2D eigenvalue weighted by Gasteiger charge is -2.07. The van der Waals surface area contributed by atoms with Gasteiger partial charge in [-0.05, 0) is 43.0 Å². The molecule has 0 radical (unpaired) electrons. The zero-order chi connectivity index (χ0) is 14.4.